The summed E-state index contributed by atoms with van der Waals surface area (Å²) in [6, 6.07) is 5.35. The Kier molecular flexibility index (Phi) is 5.54. The SMILES string of the molecule is COCCOc1ccc(I)cc1C(=O)OC. The van der Waals surface area contributed by atoms with E-state index in [0.717, 1.165) is 3.57 Å². The largest absolute Gasteiger partial charge is 0.490 e. The molecular formula is C11H13IO4. The van der Waals surface area contributed by atoms with Crippen LogP contribution in [0.25, 0.3) is 0 Å². The smallest absolute Gasteiger partial charge is 0.341 e. The van der Waals surface area contributed by atoms with Crippen LogP contribution < -0.4 is 4.74 Å². The second-order valence-corrected chi connectivity index (χ2v) is 4.22. The first-order chi connectivity index (χ1) is 7.69. The molecule has 0 amide bonds. The van der Waals surface area contributed by atoms with E-state index in [0.29, 0.717) is 24.5 Å². The molecule has 0 aliphatic rings. The average molecular weight is 336 g/mol. The molecule has 1 aromatic carbocycles. The molecule has 16 heavy (non-hydrogen) atoms. The zero-order valence-corrected chi connectivity index (χ0v) is 11.3. The fourth-order valence-electron chi connectivity index (χ4n) is 1.13. The highest BCUT2D eigenvalue weighted by atomic mass is 127. The van der Waals surface area contributed by atoms with Crippen molar-refractivity contribution in [2.75, 3.05) is 27.4 Å². The lowest BCUT2D eigenvalue weighted by molar-refractivity contribution is 0.0593. The van der Waals surface area contributed by atoms with E-state index in [2.05, 4.69) is 27.3 Å². The van der Waals surface area contributed by atoms with Gasteiger partial charge in [-0.25, -0.2) is 4.79 Å². The number of hydrogen-bond acceptors (Lipinski definition) is 4. The fraction of sp³-hybridized carbons (Fsp3) is 0.364. The lowest BCUT2D eigenvalue weighted by Gasteiger charge is -2.10. The van der Waals surface area contributed by atoms with Gasteiger partial charge in [-0.1, -0.05) is 0 Å². The highest BCUT2D eigenvalue weighted by Gasteiger charge is 2.13. The van der Waals surface area contributed by atoms with Gasteiger partial charge in [0.05, 0.1) is 13.7 Å². The maximum atomic E-state index is 11.5. The zero-order valence-electron chi connectivity index (χ0n) is 9.16. The number of halogens is 1. The summed E-state index contributed by atoms with van der Waals surface area (Å²) < 4.78 is 15.9. The maximum Gasteiger partial charge on any atom is 0.341 e. The van der Waals surface area contributed by atoms with Gasteiger partial charge in [0.15, 0.2) is 0 Å². The molecule has 0 N–H and O–H groups in total. The number of methoxy groups -OCH3 is 2. The maximum absolute atomic E-state index is 11.5. The molecule has 1 rings (SSSR count). The molecule has 0 atom stereocenters. The van der Waals surface area contributed by atoms with Gasteiger partial charge in [-0.2, -0.15) is 0 Å². The molecule has 0 bridgehead atoms. The Morgan fingerprint density at radius 1 is 1.31 bits per heavy atom. The predicted octanol–water partition coefficient (Wildman–Crippen LogP) is 2.10. The van der Waals surface area contributed by atoms with Crippen molar-refractivity contribution in [1.29, 1.82) is 0 Å². The Balaban J connectivity index is 2.85. The highest BCUT2D eigenvalue weighted by Crippen LogP contribution is 2.22. The van der Waals surface area contributed by atoms with E-state index in [9.17, 15) is 4.79 Å². The minimum Gasteiger partial charge on any atom is -0.490 e. The molecule has 1 aromatic rings. The summed E-state index contributed by atoms with van der Waals surface area (Å²) in [5.41, 5.74) is 0.436. The number of carbonyl (C=O) groups excluding carboxylic acids is 1. The van der Waals surface area contributed by atoms with Crippen LogP contribution in [0.2, 0.25) is 0 Å². The van der Waals surface area contributed by atoms with Gasteiger partial charge < -0.3 is 14.2 Å². The Hall–Kier alpha value is -0.820. The quantitative estimate of drug-likeness (QED) is 0.469. The second-order valence-electron chi connectivity index (χ2n) is 2.97. The summed E-state index contributed by atoms with van der Waals surface area (Å²) in [5, 5.41) is 0. The third-order valence-electron chi connectivity index (χ3n) is 1.89. The zero-order chi connectivity index (χ0) is 12.0. The van der Waals surface area contributed by atoms with Gasteiger partial charge in [0.2, 0.25) is 0 Å². The van der Waals surface area contributed by atoms with Crippen LogP contribution in [0.4, 0.5) is 0 Å². The summed E-state index contributed by atoms with van der Waals surface area (Å²) in [5.74, 6) is 0.121. The number of hydrogen-bond donors (Lipinski definition) is 0. The van der Waals surface area contributed by atoms with E-state index < -0.39 is 5.97 Å². The standard InChI is InChI=1S/C11H13IO4/c1-14-5-6-16-10-4-3-8(12)7-9(10)11(13)15-2/h3-4,7H,5-6H2,1-2H3. The number of carbonyl (C=O) groups is 1. The van der Waals surface area contributed by atoms with Gasteiger partial charge in [-0.15, -0.1) is 0 Å². The van der Waals surface area contributed by atoms with E-state index in [1.807, 2.05) is 6.07 Å². The van der Waals surface area contributed by atoms with E-state index in [1.54, 1.807) is 19.2 Å². The van der Waals surface area contributed by atoms with Crippen LogP contribution >= 0.6 is 22.6 Å². The van der Waals surface area contributed by atoms with Crippen molar-refractivity contribution in [2.45, 2.75) is 0 Å². The second kappa shape index (κ2) is 6.70. The van der Waals surface area contributed by atoms with Gasteiger partial charge in [-0.3, -0.25) is 0 Å². The first-order valence-corrected chi connectivity index (χ1v) is 5.76. The molecule has 0 aliphatic carbocycles. The van der Waals surface area contributed by atoms with Crippen molar-refractivity contribution in [3.05, 3.63) is 27.3 Å². The molecule has 0 heterocycles. The first-order valence-electron chi connectivity index (χ1n) is 4.68. The lowest BCUT2D eigenvalue weighted by atomic mass is 10.2. The first kappa shape index (κ1) is 13.2. The summed E-state index contributed by atoms with van der Waals surface area (Å²) in [4.78, 5) is 11.5. The summed E-state index contributed by atoms with van der Waals surface area (Å²) >= 11 is 2.13. The Labute approximate surface area is 108 Å². The molecule has 0 aliphatic heterocycles. The van der Waals surface area contributed by atoms with E-state index in [1.165, 1.54) is 7.11 Å². The van der Waals surface area contributed by atoms with E-state index >= 15 is 0 Å². The van der Waals surface area contributed by atoms with Crippen molar-refractivity contribution < 1.29 is 19.0 Å². The number of esters is 1. The third-order valence-corrected chi connectivity index (χ3v) is 2.56. The Morgan fingerprint density at radius 2 is 2.06 bits per heavy atom. The molecule has 0 radical (unpaired) electrons. The van der Waals surface area contributed by atoms with Gasteiger partial charge in [0, 0.05) is 10.7 Å². The van der Waals surface area contributed by atoms with Crippen LogP contribution in [0, 0.1) is 3.57 Å². The minimum absolute atomic E-state index is 0.397. The Morgan fingerprint density at radius 3 is 2.69 bits per heavy atom. The van der Waals surface area contributed by atoms with Crippen LogP contribution in [0.15, 0.2) is 18.2 Å². The molecule has 0 spiro atoms. The van der Waals surface area contributed by atoms with Crippen LogP contribution in [0.3, 0.4) is 0 Å². The lowest BCUT2D eigenvalue weighted by Crippen LogP contribution is -2.09. The molecule has 4 nitrogen and oxygen atoms in total. The number of benzene rings is 1. The predicted molar refractivity (Wildman–Crippen MR) is 67.9 cm³/mol. The molecule has 0 fully saturated rings. The topological polar surface area (TPSA) is 44.8 Å². The van der Waals surface area contributed by atoms with Crippen molar-refractivity contribution in [2.24, 2.45) is 0 Å². The van der Waals surface area contributed by atoms with Crippen molar-refractivity contribution in [3.8, 4) is 5.75 Å². The molecule has 5 heteroatoms. The number of ether oxygens (including phenoxy) is 3. The van der Waals surface area contributed by atoms with Crippen LogP contribution in [0.1, 0.15) is 10.4 Å². The number of rotatable bonds is 5. The summed E-state index contributed by atoms with van der Waals surface area (Å²) in [7, 11) is 2.94. The Bertz CT molecular complexity index is 365. The van der Waals surface area contributed by atoms with E-state index in [-0.39, 0.29) is 0 Å². The molecule has 0 aromatic heterocycles. The molecule has 0 unspecified atom stereocenters. The van der Waals surface area contributed by atoms with Crippen LogP contribution in [-0.2, 0) is 9.47 Å². The van der Waals surface area contributed by atoms with Gasteiger partial charge in [0.25, 0.3) is 0 Å². The van der Waals surface area contributed by atoms with Crippen molar-refractivity contribution in [3.63, 3.8) is 0 Å². The minimum atomic E-state index is -0.397. The molecule has 0 saturated heterocycles. The van der Waals surface area contributed by atoms with Crippen LogP contribution in [0.5, 0.6) is 5.75 Å². The van der Waals surface area contributed by atoms with Gasteiger partial charge in [-0.05, 0) is 40.8 Å². The summed E-state index contributed by atoms with van der Waals surface area (Å²) in [6.45, 7) is 0.883. The van der Waals surface area contributed by atoms with Gasteiger partial charge in [0.1, 0.15) is 17.9 Å². The van der Waals surface area contributed by atoms with Crippen LogP contribution in [-0.4, -0.2) is 33.4 Å². The third kappa shape index (κ3) is 3.64. The van der Waals surface area contributed by atoms with Crippen molar-refractivity contribution in [1.82, 2.24) is 0 Å². The molecule has 0 saturated carbocycles. The monoisotopic (exact) mass is 336 g/mol. The van der Waals surface area contributed by atoms with Gasteiger partial charge >= 0.3 is 5.97 Å². The summed E-state index contributed by atoms with van der Waals surface area (Å²) in [6.07, 6.45) is 0. The average Bonchev–Trinajstić information content (AvgIpc) is 2.30. The molecular weight excluding hydrogens is 323 g/mol. The normalized spacial score (nSPS) is 9.94. The van der Waals surface area contributed by atoms with Crippen molar-refractivity contribution >= 4 is 28.6 Å². The van der Waals surface area contributed by atoms with E-state index in [4.69, 9.17) is 9.47 Å². The highest BCUT2D eigenvalue weighted by molar-refractivity contribution is 14.1. The fourth-order valence-corrected chi connectivity index (χ4v) is 1.62. The molecule has 88 valence electrons.